The molecule has 38 heavy (non-hydrogen) atoms. The van der Waals surface area contributed by atoms with E-state index < -0.39 is 35.7 Å². The van der Waals surface area contributed by atoms with Crippen molar-refractivity contribution < 1.29 is 28.7 Å². The highest BCUT2D eigenvalue weighted by molar-refractivity contribution is 5.93. The first kappa shape index (κ1) is 30.7. The molecular weight excluding hydrogens is 486 g/mol. The minimum atomic E-state index is -1.04. The molecule has 3 atom stereocenters. The van der Waals surface area contributed by atoms with Gasteiger partial charge in [0.1, 0.15) is 17.7 Å². The number of ether oxygens (including phenoxy) is 2. The van der Waals surface area contributed by atoms with Gasteiger partial charge in [-0.15, -0.1) is 6.42 Å². The lowest BCUT2D eigenvalue weighted by molar-refractivity contribution is -0.145. The molecule has 0 radical (unpaired) electrons. The van der Waals surface area contributed by atoms with Gasteiger partial charge in [-0.25, -0.2) is 4.79 Å². The summed E-state index contributed by atoms with van der Waals surface area (Å²) < 4.78 is 10.4. The maximum atomic E-state index is 14.2. The lowest BCUT2D eigenvalue weighted by atomic mass is 9.94. The highest BCUT2D eigenvalue weighted by atomic mass is 16.6. The molecule has 1 aromatic rings. The molecule has 0 saturated heterocycles. The third-order valence-corrected chi connectivity index (χ3v) is 6.22. The van der Waals surface area contributed by atoms with Gasteiger partial charge in [-0.3, -0.25) is 14.4 Å². The van der Waals surface area contributed by atoms with Gasteiger partial charge in [0.05, 0.1) is 13.0 Å². The third kappa shape index (κ3) is 8.79. The number of nitrogens with one attached hydrogen (secondary N) is 2. The Hall–Kier alpha value is -3.54. The van der Waals surface area contributed by atoms with Gasteiger partial charge in [0, 0.05) is 18.2 Å². The minimum absolute atomic E-state index is 0.00382. The molecule has 1 aliphatic rings. The van der Waals surface area contributed by atoms with E-state index in [1.165, 1.54) is 0 Å². The zero-order valence-electron chi connectivity index (χ0n) is 23.3. The van der Waals surface area contributed by atoms with E-state index in [-0.39, 0.29) is 37.4 Å². The van der Waals surface area contributed by atoms with Crippen molar-refractivity contribution >= 4 is 23.9 Å². The Bertz CT molecular complexity index is 1040. The van der Waals surface area contributed by atoms with Crippen molar-refractivity contribution in [2.75, 3.05) is 13.2 Å². The van der Waals surface area contributed by atoms with E-state index in [1.54, 1.807) is 56.9 Å². The number of alkyl carbamates (subject to hydrolysis) is 1. The van der Waals surface area contributed by atoms with Crippen LogP contribution in [-0.2, 0) is 23.9 Å². The van der Waals surface area contributed by atoms with Crippen LogP contribution in [0.4, 0.5) is 4.79 Å². The van der Waals surface area contributed by atoms with Crippen LogP contribution in [0.3, 0.4) is 0 Å². The molecule has 1 fully saturated rings. The summed E-state index contributed by atoms with van der Waals surface area (Å²) in [4.78, 5) is 53.9. The molecule has 9 heteroatoms. The van der Waals surface area contributed by atoms with Crippen LogP contribution >= 0.6 is 0 Å². The monoisotopic (exact) mass is 527 g/mol. The highest BCUT2D eigenvalue weighted by Crippen LogP contribution is 2.37. The average Bonchev–Trinajstić information content (AvgIpc) is 3.69. The number of nitrogens with zero attached hydrogens (tertiary/aromatic N) is 1. The van der Waals surface area contributed by atoms with Crippen molar-refractivity contribution in [2.45, 2.75) is 91.0 Å². The number of carbonyl (C=O) groups is 4. The maximum absolute atomic E-state index is 14.2. The summed E-state index contributed by atoms with van der Waals surface area (Å²) in [5.41, 5.74) is 0.247. The fraction of sp³-hybridized carbons (Fsp3) is 0.586. The largest absolute Gasteiger partial charge is 0.466 e. The molecule has 1 aromatic carbocycles. The Kier molecular flexibility index (Phi) is 11.2. The molecule has 0 heterocycles. The second kappa shape index (κ2) is 13.8. The first-order chi connectivity index (χ1) is 17.9. The van der Waals surface area contributed by atoms with Gasteiger partial charge in [0.2, 0.25) is 11.8 Å². The number of hydrogen-bond acceptors (Lipinski definition) is 6. The van der Waals surface area contributed by atoms with Gasteiger partial charge in [-0.05, 0) is 58.1 Å². The van der Waals surface area contributed by atoms with Gasteiger partial charge < -0.3 is 25.0 Å². The van der Waals surface area contributed by atoms with Crippen molar-refractivity contribution in [3.05, 3.63) is 35.4 Å². The van der Waals surface area contributed by atoms with E-state index in [1.807, 2.05) is 13.8 Å². The molecule has 2 rings (SSSR count). The van der Waals surface area contributed by atoms with Crippen molar-refractivity contribution in [3.8, 4) is 12.3 Å². The molecule has 3 unspecified atom stereocenters. The van der Waals surface area contributed by atoms with E-state index in [2.05, 4.69) is 16.6 Å². The van der Waals surface area contributed by atoms with Crippen LogP contribution in [0.5, 0.6) is 0 Å². The van der Waals surface area contributed by atoms with E-state index in [4.69, 9.17) is 15.9 Å². The second-order valence-corrected chi connectivity index (χ2v) is 10.5. The summed E-state index contributed by atoms with van der Waals surface area (Å²) in [7, 11) is 0. The number of carbonyl (C=O) groups excluding carboxylic acids is 4. The van der Waals surface area contributed by atoms with Crippen LogP contribution in [0.1, 0.15) is 84.4 Å². The third-order valence-electron chi connectivity index (χ3n) is 6.22. The lowest BCUT2D eigenvalue weighted by Gasteiger charge is -2.36. The quantitative estimate of drug-likeness (QED) is 0.316. The topological polar surface area (TPSA) is 114 Å². The first-order valence-electron chi connectivity index (χ1n) is 13.2. The average molecular weight is 528 g/mol. The highest BCUT2D eigenvalue weighted by Gasteiger charge is 2.45. The van der Waals surface area contributed by atoms with E-state index >= 15 is 0 Å². The molecule has 208 valence electrons. The van der Waals surface area contributed by atoms with Crippen LogP contribution in [-0.4, -0.2) is 59.6 Å². The standard InChI is InChI=1S/C29H41N3O6/c1-8-19(4)24(31-28(36)38-29(5,6)7)27(35)32(21-15-16-21)25(22-14-12-11-13-20(22)9-2)26(34)30-18-17-23(33)37-10-3/h2,11-14,19,21,24-25H,8,10,15-18H2,1,3-7H3,(H,30,34)(H,31,36). The first-order valence-corrected chi connectivity index (χ1v) is 13.2. The van der Waals surface area contributed by atoms with Crippen molar-refractivity contribution in [1.82, 2.24) is 15.5 Å². The Morgan fingerprint density at radius 2 is 1.82 bits per heavy atom. The number of terminal acetylenes is 1. The van der Waals surface area contributed by atoms with Gasteiger partial charge in [-0.1, -0.05) is 44.4 Å². The van der Waals surface area contributed by atoms with Crippen LogP contribution in [0.15, 0.2) is 24.3 Å². The molecule has 0 bridgehead atoms. The van der Waals surface area contributed by atoms with Crippen LogP contribution in [0, 0.1) is 18.3 Å². The second-order valence-electron chi connectivity index (χ2n) is 10.5. The molecular formula is C29H41N3O6. The van der Waals surface area contributed by atoms with E-state index in [9.17, 15) is 19.2 Å². The molecule has 0 aliphatic heterocycles. The summed E-state index contributed by atoms with van der Waals surface area (Å²) in [6.45, 7) is 11.0. The van der Waals surface area contributed by atoms with Crippen LogP contribution in [0.2, 0.25) is 0 Å². The maximum Gasteiger partial charge on any atom is 0.408 e. The fourth-order valence-corrected chi connectivity index (χ4v) is 4.05. The predicted octanol–water partition coefficient (Wildman–Crippen LogP) is 3.71. The van der Waals surface area contributed by atoms with Gasteiger partial charge >= 0.3 is 12.1 Å². The molecule has 2 N–H and O–H groups in total. The number of benzene rings is 1. The summed E-state index contributed by atoms with van der Waals surface area (Å²) in [5.74, 6) is 1.11. The molecule has 9 nitrogen and oxygen atoms in total. The Morgan fingerprint density at radius 3 is 2.37 bits per heavy atom. The number of hydrogen-bond donors (Lipinski definition) is 2. The minimum Gasteiger partial charge on any atom is -0.466 e. The zero-order valence-corrected chi connectivity index (χ0v) is 23.3. The molecule has 1 saturated carbocycles. The SMILES string of the molecule is C#Cc1ccccc1C(C(=O)NCCC(=O)OCC)N(C(=O)C(NC(=O)OC(C)(C)C)C(C)CC)C1CC1. The molecule has 0 spiro atoms. The summed E-state index contributed by atoms with van der Waals surface area (Å²) >= 11 is 0. The number of esters is 1. The Labute approximate surface area is 226 Å². The van der Waals surface area contributed by atoms with Crippen LogP contribution < -0.4 is 10.6 Å². The zero-order chi connectivity index (χ0) is 28.5. The van der Waals surface area contributed by atoms with Crippen molar-refractivity contribution in [3.63, 3.8) is 0 Å². The van der Waals surface area contributed by atoms with Gasteiger partial charge in [0.15, 0.2) is 0 Å². The van der Waals surface area contributed by atoms with Crippen molar-refractivity contribution in [2.24, 2.45) is 5.92 Å². The Morgan fingerprint density at radius 1 is 1.16 bits per heavy atom. The molecule has 0 aromatic heterocycles. The lowest BCUT2D eigenvalue weighted by Crippen LogP contribution is -2.56. The molecule has 3 amide bonds. The molecule has 1 aliphatic carbocycles. The Balaban J connectivity index is 2.45. The summed E-state index contributed by atoms with van der Waals surface area (Å²) in [6, 6.07) is 4.82. The summed E-state index contributed by atoms with van der Waals surface area (Å²) in [6.07, 6.45) is 7.11. The number of amides is 3. The van der Waals surface area contributed by atoms with Gasteiger partial charge in [-0.2, -0.15) is 0 Å². The number of rotatable bonds is 12. The predicted molar refractivity (Wildman–Crippen MR) is 144 cm³/mol. The summed E-state index contributed by atoms with van der Waals surface area (Å²) in [5, 5.41) is 5.53. The van der Waals surface area contributed by atoms with Gasteiger partial charge in [0.25, 0.3) is 0 Å². The van der Waals surface area contributed by atoms with E-state index in [0.717, 1.165) is 12.8 Å². The van der Waals surface area contributed by atoms with E-state index in [0.29, 0.717) is 17.5 Å². The normalized spacial score (nSPS) is 15.3. The van der Waals surface area contributed by atoms with Crippen molar-refractivity contribution in [1.29, 1.82) is 0 Å². The fourth-order valence-electron chi connectivity index (χ4n) is 4.05. The van der Waals surface area contributed by atoms with Crippen LogP contribution in [0.25, 0.3) is 0 Å². The smallest absolute Gasteiger partial charge is 0.408 e.